The molecule has 1 aromatic carbocycles. The number of amides is 2. The van der Waals surface area contributed by atoms with Gasteiger partial charge in [0, 0.05) is 49.6 Å². The molecule has 4 rings (SSSR count). The number of piperidine rings is 1. The van der Waals surface area contributed by atoms with Crippen LogP contribution < -0.4 is 5.32 Å². The third-order valence-electron chi connectivity index (χ3n) is 4.92. The Labute approximate surface area is 158 Å². The monoisotopic (exact) mass is 362 g/mol. The fraction of sp³-hybridized carbons (Fsp3) is 0.300. The summed E-state index contributed by atoms with van der Waals surface area (Å²) in [5.74, 6) is 0.932. The Kier molecular flexibility index (Phi) is 4.82. The van der Waals surface area contributed by atoms with Gasteiger partial charge in [0.05, 0.1) is 5.69 Å². The number of nitrogens with one attached hydrogen (secondary N) is 1. The van der Waals surface area contributed by atoms with Gasteiger partial charge in [-0.3, -0.25) is 10.00 Å². The first-order valence-corrected chi connectivity index (χ1v) is 9.12. The summed E-state index contributed by atoms with van der Waals surface area (Å²) in [6.07, 6.45) is 5.31. The van der Waals surface area contributed by atoms with Crippen molar-refractivity contribution in [3.05, 3.63) is 60.7 Å². The molecule has 1 aliphatic heterocycles. The molecule has 3 aromatic rings. The smallest absolute Gasteiger partial charge is 0.323 e. The minimum absolute atomic E-state index is 0.101. The molecule has 7 nitrogen and oxygen atoms in total. The number of urea groups is 1. The standard InChI is InChI=1S/C20H22N6O/c1-25-19(12-18(24-25)15-6-3-2-4-7-15)23-20(27)26-11-5-8-16(13-26)17-9-10-21-14-22-17/h2-4,6-7,9-10,12,14,16H,5,8,11,13H2,1H3,(H,23,27). The van der Waals surface area contributed by atoms with Crippen LogP contribution in [0, 0.1) is 0 Å². The van der Waals surface area contributed by atoms with Crippen molar-refractivity contribution in [3.63, 3.8) is 0 Å². The van der Waals surface area contributed by atoms with E-state index >= 15 is 0 Å². The first kappa shape index (κ1) is 17.2. The Morgan fingerprint density at radius 3 is 2.85 bits per heavy atom. The molecule has 138 valence electrons. The van der Waals surface area contributed by atoms with Crippen molar-refractivity contribution in [2.45, 2.75) is 18.8 Å². The molecule has 1 saturated heterocycles. The highest BCUT2D eigenvalue weighted by Gasteiger charge is 2.26. The van der Waals surface area contributed by atoms with Gasteiger partial charge in [-0.1, -0.05) is 30.3 Å². The Hall–Kier alpha value is -3.22. The van der Waals surface area contributed by atoms with E-state index in [4.69, 9.17) is 0 Å². The van der Waals surface area contributed by atoms with Gasteiger partial charge < -0.3 is 4.90 Å². The minimum atomic E-state index is -0.101. The van der Waals surface area contributed by atoms with Crippen LogP contribution in [0.4, 0.5) is 10.6 Å². The second-order valence-corrected chi connectivity index (χ2v) is 6.75. The van der Waals surface area contributed by atoms with E-state index in [1.54, 1.807) is 17.2 Å². The van der Waals surface area contributed by atoms with Gasteiger partial charge in [-0.15, -0.1) is 0 Å². The highest BCUT2D eigenvalue weighted by Crippen LogP contribution is 2.26. The van der Waals surface area contributed by atoms with Crippen molar-refractivity contribution >= 4 is 11.8 Å². The first-order chi connectivity index (χ1) is 13.2. The first-order valence-electron chi connectivity index (χ1n) is 9.12. The van der Waals surface area contributed by atoms with Crippen molar-refractivity contribution in [2.75, 3.05) is 18.4 Å². The quantitative estimate of drug-likeness (QED) is 0.776. The molecule has 1 fully saturated rings. The van der Waals surface area contributed by atoms with Gasteiger partial charge in [-0.05, 0) is 18.9 Å². The summed E-state index contributed by atoms with van der Waals surface area (Å²) in [5, 5.41) is 7.50. The maximum atomic E-state index is 12.8. The molecule has 2 amide bonds. The molecule has 1 unspecified atom stereocenters. The summed E-state index contributed by atoms with van der Waals surface area (Å²) in [4.78, 5) is 23.0. The predicted molar refractivity (Wildman–Crippen MR) is 103 cm³/mol. The third-order valence-corrected chi connectivity index (χ3v) is 4.92. The second kappa shape index (κ2) is 7.57. The summed E-state index contributed by atoms with van der Waals surface area (Å²) < 4.78 is 1.70. The van der Waals surface area contributed by atoms with Crippen molar-refractivity contribution in [1.29, 1.82) is 0 Å². The Balaban J connectivity index is 1.45. The van der Waals surface area contributed by atoms with Gasteiger partial charge in [0.2, 0.25) is 0 Å². The summed E-state index contributed by atoms with van der Waals surface area (Å²) in [5.41, 5.74) is 2.86. The lowest BCUT2D eigenvalue weighted by Crippen LogP contribution is -2.42. The maximum absolute atomic E-state index is 12.8. The lowest BCUT2D eigenvalue weighted by Gasteiger charge is -2.32. The molecule has 7 heteroatoms. The number of hydrogen-bond acceptors (Lipinski definition) is 4. The highest BCUT2D eigenvalue weighted by molar-refractivity contribution is 5.89. The number of nitrogens with zero attached hydrogens (tertiary/aromatic N) is 5. The van der Waals surface area contributed by atoms with Crippen LogP contribution >= 0.6 is 0 Å². The van der Waals surface area contributed by atoms with E-state index < -0.39 is 0 Å². The molecule has 1 aliphatic rings. The van der Waals surface area contributed by atoms with Crippen LogP contribution in [0.5, 0.6) is 0 Å². The lowest BCUT2D eigenvalue weighted by atomic mass is 9.95. The van der Waals surface area contributed by atoms with Gasteiger partial charge in [-0.25, -0.2) is 14.8 Å². The van der Waals surface area contributed by atoms with E-state index in [-0.39, 0.29) is 11.9 Å². The summed E-state index contributed by atoms with van der Waals surface area (Å²) in [7, 11) is 1.84. The molecule has 0 spiro atoms. The van der Waals surface area contributed by atoms with Gasteiger partial charge >= 0.3 is 6.03 Å². The average molecular weight is 362 g/mol. The van der Waals surface area contributed by atoms with Crippen LogP contribution in [-0.2, 0) is 7.05 Å². The zero-order valence-corrected chi connectivity index (χ0v) is 15.2. The number of aromatic nitrogens is 4. The number of likely N-dealkylation sites (tertiary alicyclic amines) is 1. The fourth-order valence-electron chi connectivity index (χ4n) is 3.47. The van der Waals surface area contributed by atoms with Crippen LogP contribution in [-0.4, -0.2) is 43.8 Å². The number of carbonyl (C=O) groups excluding carboxylic acids is 1. The zero-order valence-electron chi connectivity index (χ0n) is 15.2. The van der Waals surface area contributed by atoms with Crippen LogP contribution in [0.25, 0.3) is 11.3 Å². The summed E-state index contributed by atoms with van der Waals surface area (Å²) in [6, 6.07) is 13.7. The van der Waals surface area contributed by atoms with Crippen molar-refractivity contribution in [2.24, 2.45) is 7.05 Å². The zero-order chi connectivity index (χ0) is 18.6. The maximum Gasteiger partial charge on any atom is 0.323 e. The van der Waals surface area contributed by atoms with E-state index in [1.165, 1.54) is 0 Å². The number of benzene rings is 1. The van der Waals surface area contributed by atoms with Crippen molar-refractivity contribution in [1.82, 2.24) is 24.6 Å². The van der Waals surface area contributed by atoms with Gasteiger partial charge in [0.25, 0.3) is 0 Å². The van der Waals surface area contributed by atoms with Crippen molar-refractivity contribution < 1.29 is 4.79 Å². The molecule has 27 heavy (non-hydrogen) atoms. The predicted octanol–water partition coefficient (Wildman–Crippen LogP) is 3.29. The fourth-order valence-corrected chi connectivity index (χ4v) is 3.47. The van der Waals surface area contributed by atoms with E-state index in [9.17, 15) is 4.79 Å². The van der Waals surface area contributed by atoms with Gasteiger partial charge in [-0.2, -0.15) is 5.10 Å². The third kappa shape index (κ3) is 3.81. The number of carbonyl (C=O) groups is 1. The molecule has 1 atom stereocenters. The SMILES string of the molecule is Cn1nc(-c2ccccc2)cc1NC(=O)N1CCCC(c2ccncn2)C1. The molecule has 0 aliphatic carbocycles. The normalized spacial score (nSPS) is 16.9. The second-order valence-electron chi connectivity index (χ2n) is 6.75. The van der Waals surface area contributed by atoms with Crippen LogP contribution in [0.3, 0.4) is 0 Å². The van der Waals surface area contributed by atoms with Crippen LogP contribution in [0.2, 0.25) is 0 Å². The molecular formula is C20H22N6O. The van der Waals surface area contributed by atoms with E-state index in [0.29, 0.717) is 12.4 Å². The van der Waals surface area contributed by atoms with Gasteiger partial charge in [0.1, 0.15) is 12.1 Å². The number of aryl methyl sites for hydroxylation is 1. The summed E-state index contributed by atoms with van der Waals surface area (Å²) >= 11 is 0. The van der Waals surface area contributed by atoms with Gasteiger partial charge in [0.15, 0.2) is 0 Å². The number of anilines is 1. The number of rotatable bonds is 3. The molecule has 3 heterocycles. The van der Waals surface area contributed by atoms with Crippen molar-refractivity contribution in [3.8, 4) is 11.3 Å². The Morgan fingerprint density at radius 1 is 1.22 bits per heavy atom. The lowest BCUT2D eigenvalue weighted by molar-refractivity contribution is 0.192. The molecule has 2 aromatic heterocycles. The van der Waals surface area contributed by atoms with E-state index in [1.807, 2.05) is 54.4 Å². The minimum Gasteiger partial charge on any atom is -0.324 e. The Morgan fingerprint density at radius 2 is 2.07 bits per heavy atom. The molecule has 0 radical (unpaired) electrons. The van der Waals surface area contributed by atoms with E-state index in [2.05, 4.69) is 20.4 Å². The average Bonchev–Trinajstić information content (AvgIpc) is 3.10. The molecule has 1 N–H and O–H groups in total. The molecular weight excluding hydrogens is 340 g/mol. The summed E-state index contributed by atoms with van der Waals surface area (Å²) in [6.45, 7) is 1.41. The topological polar surface area (TPSA) is 75.9 Å². The van der Waals surface area contributed by atoms with Crippen LogP contribution in [0.15, 0.2) is 55.0 Å². The molecule has 0 saturated carbocycles. The largest absolute Gasteiger partial charge is 0.324 e. The Bertz CT molecular complexity index is 909. The highest BCUT2D eigenvalue weighted by atomic mass is 16.2. The van der Waals surface area contributed by atoms with Crippen LogP contribution in [0.1, 0.15) is 24.5 Å². The number of hydrogen-bond donors (Lipinski definition) is 1. The van der Waals surface area contributed by atoms with E-state index in [0.717, 1.165) is 36.3 Å². The molecule has 0 bridgehead atoms.